The van der Waals surface area contributed by atoms with E-state index < -0.39 is 12.2 Å². The molecule has 0 spiro atoms. The Morgan fingerprint density at radius 1 is 1.30 bits per heavy atom. The van der Waals surface area contributed by atoms with Crippen molar-refractivity contribution in [3.63, 3.8) is 0 Å². The summed E-state index contributed by atoms with van der Waals surface area (Å²) in [6.07, 6.45) is -2.36. The van der Waals surface area contributed by atoms with Gasteiger partial charge < -0.3 is 25.0 Å². The van der Waals surface area contributed by atoms with E-state index in [0.29, 0.717) is 21.5 Å². The molecule has 2 atom stereocenters. The molecular formula is C13H18BrNO5. The number of amides is 1. The van der Waals surface area contributed by atoms with Gasteiger partial charge in [-0.1, -0.05) is 0 Å². The second kappa shape index (κ2) is 7.47. The van der Waals surface area contributed by atoms with Gasteiger partial charge in [0.15, 0.2) is 0 Å². The van der Waals surface area contributed by atoms with Gasteiger partial charge in [0, 0.05) is 19.0 Å². The third-order valence-electron chi connectivity index (χ3n) is 2.75. The van der Waals surface area contributed by atoms with Crippen molar-refractivity contribution in [2.45, 2.75) is 19.1 Å². The van der Waals surface area contributed by atoms with E-state index in [1.165, 1.54) is 21.1 Å². The van der Waals surface area contributed by atoms with Gasteiger partial charge in [0.05, 0.1) is 18.7 Å². The summed E-state index contributed by atoms with van der Waals surface area (Å²) in [6.45, 7) is 1.28. The standard InChI is InChI=1S/C13H18BrNO5/c1-7(16)15-6-10(17)13(18)8-4-12(20-3)9(14)5-11(8)19-2/h4-5,10,13,17-18H,6H2,1-3H3,(H,15,16). The third-order valence-corrected chi connectivity index (χ3v) is 3.37. The van der Waals surface area contributed by atoms with Crippen LogP contribution in [0.3, 0.4) is 0 Å². The molecule has 0 bridgehead atoms. The van der Waals surface area contributed by atoms with Gasteiger partial charge in [-0.05, 0) is 28.1 Å². The van der Waals surface area contributed by atoms with E-state index in [4.69, 9.17) is 9.47 Å². The Kier molecular flexibility index (Phi) is 6.25. The first kappa shape index (κ1) is 16.7. The summed E-state index contributed by atoms with van der Waals surface area (Å²) >= 11 is 3.31. The monoisotopic (exact) mass is 347 g/mol. The van der Waals surface area contributed by atoms with Crippen LogP contribution in [0, 0.1) is 0 Å². The summed E-state index contributed by atoms with van der Waals surface area (Å²) in [4.78, 5) is 10.8. The molecule has 6 nitrogen and oxygen atoms in total. The van der Waals surface area contributed by atoms with Crippen LogP contribution >= 0.6 is 15.9 Å². The molecule has 0 aliphatic carbocycles. The Balaban J connectivity index is 3.00. The Morgan fingerprint density at radius 3 is 2.40 bits per heavy atom. The maximum atomic E-state index is 10.8. The predicted octanol–water partition coefficient (Wildman–Crippen LogP) is 0.997. The van der Waals surface area contributed by atoms with Gasteiger partial charge in [-0.25, -0.2) is 0 Å². The van der Waals surface area contributed by atoms with E-state index >= 15 is 0 Å². The molecule has 1 rings (SSSR count). The van der Waals surface area contributed by atoms with E-state index in [1.807, 2.05) is 0 Å². The molecule has 1 aromatic rings. The van der Waals surface area contributed by atoms with Gasteiger partial charge in [-0.2, -0.15) is 0 Å². The Morgan fingerprint density at radius 2 is 1.90 bits per heavy atom. The lowest BCUT2D eigenvalue weighted by Crippen LogP contribution is -2.34. The molecular weight excluding hydrogens is 330 g/mol. The zero-order chi connectivity index (χ0) is 15.3. The number of aliphatic hydroxyl groups is 2. The summed E-state index contributed by atoms with van der Waals surface area (Å²) < 4.78 is 11.0. The van der Waals surface area contributed by atoms with Crippen LogP contribution in [0.4, 0.5) is 0 Å². The van der Waals surface area contributed by atoms with Crippen molar-refractivity contribution in [2.24, 2.45) is 0 Å². The van der Waals surface area contributed by atoms with Gasteiger partial charge in [0.1, 0.15) is 23.7 Å². The topological polar surface area (TPSA) is 88.0 Å². The minimum Gasteiger partial charge on any atom is -0.496 e. The smallest absolute Gasteiger partial charge is 0.216 e. The highest BCUT2D eigenvalue weighted by Crippen LogP contribution is 2.36. The number of carbonyl (C=O) groups is 1. The van der Waals surface area contributed by atoms with E-state index in [1.54, 1.807) is 12.1 Å². The van der Waals surface area contributed by atoms with Crippen molar-refractivity contribution < 1.29 is 24.5 Å². The molecule has 112 valence electrons. The fourth-order valence-corrected chi connectivity index (χ4v) is 2.17. The molecule has 1 amide bonds. The van der Waals surface area contributed by atoms with Crippen LogP contribution in [0.5, 0.6) is 11.5 Å². The Bertz CT molecular complexity index is 480. The van der Waals surface area contributed by atoms with Crippen LogP contribution in [0.15, 0.2) is 16.6 Å². The number of methoxy groups -OCH3 is 2. The number of rotatable bonds is 6. The van der Waals surface area contributed by atoms with Crippen molar-refractivity contribution in [2.75, 3.05) is 20.8 Å². The average molecular weight is 348 g/mol. The maximum Gasteiger partial charge on any atom is 0.216 e. The quantitative estimate of drug-likeness (QED) is 0.714. The maximum absolute atomic E-state index is 10.8. The minimum absolute atomic E-state index is 0.0575. The number of hydrogen-bond donors (Lipinski definition) is 3. The zero-order valence-electron chi connectivity index (χ0n) is 11.5. The number of carbonyl (C=O) groups excluding carboxylic acids is 1. The van der Waals surface area contributed by atoms with Crippen molar-refractivity contribution in [3.8, 4) is 11.5 Å². The second-order valence-corrected chi connectivity index (χ2v) is 5.03. The number of ether oxygens (including phenoxy) is 2. The summed E-state index contributed by atoms with van der Waals surface area (Å²) in [7, 11) is 2.96. The first-order valence-electron chi connectivity index (χ1n) is 5.92. The van der Waals surface area contributed by atoms with Crippen molar-refractivity contribution in [3.05, 3.63) is 22.2 Å². The van der Waals surface area contributed by atoms with Gasteiger partial charge in [-0.3, -0.25) is 4.79 Å². The summed E-state index contributed by atoms with van der Waals surface area (Å²) in [5, 5.41) is 22.5. The molecule has 0 aliphatic rings. The number of halogens is 1. The molecule has 20 heavy (non-hydrogen) atoms. The molecule has 0 fully saturated rings. The first-order chi connectivity index (χ1) is 9.40. The van der Waals surface area contributed by atoms with Gasteiger partial charge in [0.25, 0.3) is 0 Å². The molecule has 3 N–H and O–H groups in total. The number of nitrogens with one attached hydrogen (secondary N) is 1. The average Bonchev–Trinajstić information content (AvgIpc) is 2.43. The summed E-state index contributed by atoms with van der Waals surface area (Å²) in [5.74, 6) is 0.634. The highest BCUT2D eigenvalue weighted by Gasteiger charge is 2.23. The predicted molar refractivity (Wildman–Crippen MR) is 76.9 cm³/mol. The van der Waals surface area contributed by atoms with Gasteiger partial charge >= 0.3 is 0 Å². The molecule has 0 radical (unpaired) electrons. The molecule has 0 heterocycles. The van der Waals surface area contributed by atoms with Gasteiger partial charge in [0.2, 0.25) is 5.91 Å². The first-order valence-corrected chi connectivity index (χ1v) is 6.72. The van der Waals surface area contributed by atoms with E-state index in [0.717, 1.165) is 0 Å². The lowest BCUT2D eigenvalue weighted by molar-refractivity contribution is -0.119. The number of benzene rings is 1. The van der Waals surface area contributed by atoms with E-state index in [9.17, 15) is 15.0 Å². The molecule has 7 heteroatoms. The normalized spacial score (nSPS) is 13.5. The highest BCUT2D eigenvalue weighted by atomic mass is 79.9. The Labute approximate surface area is 125 Å². The molecule has 0 aromatic heterocycles. The van der Waals surface area contributed by atoms with E-state index in [-0.39, 0.29) is 12.5 Å². The molecule has 0 saturated carbocycles. The van der Waals surface area contributed by atoms with Crippen molar-refractivity contribution >= 4 is 21.8 Å². The lowest BCUT2D eigenvalue weighted by atomic mass is 10.0. The zero-order valence-corrected chi connectivity index (χ0v) is 13.1. The van der Waals surface area contributed by atoms with Crippen LogP contribution in [-0.4, -0.2) is 43.0 Å². The minimum atomic E-state index is -1.21. The number of hydrogen-bond acceptors (Lipinski definition) is 5. The van der Waals surface area contributed by atoms with E-state index in [2.05, 4.69) is 21.2 Å². The second-order valence-electron chi connectivity index (χ2n) is 4.18. The molecule has 0 saturated heterocycles. The van der Waals surface area contributed by atoms with Crippen LogP contribution < -0.4 is 14.8 Å². The SMILES string of the molecule is COc1cc(C(O)C(O)CNC(C)=O)c(OC)cc1Br. The summed E-state index contributed by atoms with van der Waals surface area (Å²) in [6, 6.07) is 3.22. The van der Waals surface area contributed by atoms with Crippen LogP contribution in [0.1, 0.15) is 18.6 Å². The van der Waals surface area contributed by atoms with Gasteiger partial charge in [-0.15, -0.1) is 0 Å². The Hall–Kier alpha value is -1.31. The fraction of sp³-hybridized carbons (Fsp3) is 0.462. The largest absolute Gasteiger partial charge is 0.496 e. The van der Waals surface area contributed by atoms with Crippen molar-refractivity contribution in [1.29, 1.82) is 0 Å². The third kappa shape index (κ3) is 4.09. The van der Waals surface area contributed by atoms with Crippen molar-refractivity contribution in [1.82, 2.24) is 5.32 Å². The number of aliphatic hydroxyl groups excluding tert-OH is 2. The molecule has 2 unspecified atom stereocenters. The molecule has 1 aromatic carbocycles. The fourth-order valence-electron chi connectivity index (χ4n) is 1.68. The highest BCUT2D eigenvalue weighted by molar-refractivity contribution is 9.10. The molecule has 0 aliphatic heterocycles. The summed E-state index contributed by atoms with van der Waals surface area (Å²) in [5.41, 5.74) is 0.380. The van der Waals surface area contributed by atoms with Crippen LogP contribution in [0.2, 0.25) is 0 Å². The lowest BCUT2D eigenvalue weighted by Gasteiger charge is -2.21. The van der Waals surface area contributed by atoms with Crippen LogP contribution in [0.25, 0.3) is 0 Å². The van der Waals surface area contributed by atoms with Crippen LogP contribution in [-0.2, 0) is 4.79 Å².